The lowest BCUT2D eigenvalue weighted by Crippen LogP contribution is -1.77. The summed E-state index contributed by atoms with van der Waals surface area (Å²) in [5.74, 6) is 0. The third-order valence-electron chi connectivity index (χ3n) is 2.38. The Morgan fingerprint density at radius 1 is 0.889 bits per heavy atom. The van der Waals surface area contributed by atoms with Gasteiger partial charge >= 0.3 is 0 Å². The van der Waals surface area contributed by atoms with Crippen molar-refractivity contribution in [3.05, 3.63) is 66.5 Å². The molecule has 0 aliphatic rings. The van der Waals surface area contributed by atoms with Gasteiger partial charge in [0.25, 0.3) is 0 Å². The fourth-order valence-electron chi connectivity index (χ4n) is 1.45. The SMILES string of the molecule is Clc1cc(C=Cc2cccc(Br)c2Cl)ccc1Br. The van der Waals surface area contributed by atoms with Crippen molar-refractivity contribution in [3.63, 3.8) is 0 Å². The average molecular weight is 407 g/mol. The van der Waals surface area contributed by atoms with E-state index in [1.165, 1.54) is 0 Å². The minimum absolute atomic E-state index is 0.692. The van der Waals surface area contributed by atoms with Crippen molar-refractivity contribution in [2.75, 3.05) is 0 Å². The lowest BCUT2D eigenvalue weighted by Gasteiger charge is -2.01. The highest BCUT2D eigenvalue weighted by atomic mass is 79.9. The van der Waals surface area contributed by atoms with Crippen molar-refractivity contribution in [2.24, 2.45) is 0 Å². The lowest BCUT2D eigenvalue weighted by atomic mass is 10.1. The molecule has 0 bridgehead atoms. The molecule has 0 aromatic heterocycles. The van der Waals surface area contributed by atoms with Crippen LogP contribution in [-0.2, 0) is 0 Å². The molecule has 92 valence electrons. The number of hydrogen-bond acceptors (Lipinski definition) is 0. The molecule has 0 heterocycles. The molecule has 0 atom stereocenters. The zero-order chi connectivity index (χ0) is 13.1. The van der Waals surface area contributed by atoms with E-state index < -0.39 is 0 Å². The Hall–Kier alpha value is -0.280. The van der Waals surface area contributed by atoms with E-state index in [0.29, 0.717) is 10.0 Å². The maximum Gasteiger partial charge on any atom is 0.0620 e. The highest BCUT2D eigenvalue weighted by Gasteiger charge is 2.01. The van der Waals surface area contributed by atoms with Crippen molar-refractivity contribution in [2.45, 2.75) is 0 Å². The van der Waals surface area contributed by atoms with Crippen molar-refractivity contribution in [1.29, 1.82) is 0 Å². The van der Waals surface area contributed by atoms with Gasteiger partial charge in [0, 0.05) is 8.95 Å². The van der Waals surface area contributed by atoms with E-state index in [1.807, 2.05) is 48.6 Å². The first kappa shape index (κ1) is 14.1. The molecule has 0 saturated carbocycles. The number of halogens is 4. The molecular formula is C14H8Br2Cl2. The largest absolute Gasteiger partial charge is 0.0831 e. The minimum atomic E-state index is 0.692. The van der Waals surface area contributed by atoms with Crippen LogP contribution in [0.1, 0.15) is 11.1 Å². The fourth-order valence-corrected chi connectivity index (χ4v) is 2.46. The first-order chi connectivity index (χ1) is 8.58. The van der Waals surface area contributed by atoms with Crippen LogP contribution in [0.2, 0.25) is 10.0 Å². The second-order valence-corrected chi connectivity index (χ2v) is 6.14. The molecule has 0 fully saturated rings. The van der Waals surface area contributed by atoms with E-state index in [0.717, 1.165) is 20.1 Å². The summed E-state index contributed by atoms with van der Waals surface area (Å²) in [6, 6.07) is 11.6. The third-order valence-corrected chi connectivity index (χ3v) is 4.92. The van der Waals surface area contributed by atoms with Crippen LogP contribution in [0.4, 0.5) is 0 Å². The zero-order valence-corrected chi connectivity index (χ0v) is 13.8. The molecule has 0 amide bonds. The topological polar surface area (TPSA) is 0 Å². The first-order valence-electron chi connectivity index (χ1n) is 5.15. The maximum absolute atomic E-state index is 6.18. The number of benzene rings is 2. The van der Waals surface area contributed by atoms with Gasteiger partial charge in [0.2, 0.25) is 0 Å². The Bertz CT molecular complexity index is 607. The molecule has 0 aliphatic heterocycles. The Morgan fingerprint density at radius 2 is 1.67 bits per heavy atom. The molecule has 0 spiro atoms. The van der Waals surface area contributed by atoms with Gasteiger partial charge in [0.15, 0.2) is 0 Å². The van der Waals surface area contributed by atoms with Crippen LogP contribution in [0.5, 0.6) is 0 Å². The van der Waals surface area contributed by atoms with Crippen LogP contribution >= 0.6 is 55.1 Å². The van der Waals surface area contributed by atoms with Crippen molar-refractivity contribution in [1.82, 2.24) is 0 Å². The van der Waals surface area contributed by atoms with Gasteiger partial charge in [0.1, 0.15) is 0 Å². The second-order valence-electron chi connectivity index (χ2n) is 3.65. The molecule has 18 heavy (non-hydrogen) atoms. The van der Waals surface area contributed by atoms with Crippen LogP contribution in [0.25, 0.3) is 12.2 Å². The smallest absolute Gasteiger partial charge is 0.0620 e. The molecule has 2 rings (SSSR count). The van der Waals surface area contributed by atoms with E-state index >= 15 is 0 Å². The standard InChI is InChI=1S/C14H8Br2Cl2/c15-11-7-5-9(8-13(11)17)4-6-10-2-1-3-12(16)14(10)18/h1-8H. The van der Waals surface area contributed by atoms with Gasteiger partial charge in [0.05, 0.1) is 10.0 Å². The van der Waals surface area contributed by atoms with Gasteiger partial charge in [-0.15, -0.1) is 0 Å². The fraction of sp³-hybridized carbons (Fsp3) is 0. The molecule has 4 heteroatoms. The molecule has 2 aromatic carbocycles. The highest BCUT2D eigenvalue weighted by molar-refractivity contribution is 9.10. The molecule has 0 N–H and O–H groups in total. The first-order valence-corrected chi connectivity index (χ1v) is 7.49. The quantitative estimate of drug-likeness (QED) is 0.487. The monoisotopic (exact) mass is 404 g/mol. The van der Waals surface area contributed by atoms with E-state index in [2.05, 4.69) is 31.9 Å². The summed E-state index contributed by atoms with van der Waals surface area (Å²) < 4.78 is 1.78. The summed E-state index contributed by atoms with van der Waals surface area (Å²) in [7, 11) is 0. The Labute approximate surface area is 133 Å². The van der Waals surface area contributed by atoms with Crippen LogP contribution in [0.3, 0.4) is 0 Å². The third kappa shape index (κ3) is 3.39. The molecule has 0 nitrogen and oxygen atoms in total. The molecule has 2 aromatic rings. The molecular weight excluding hydrogens is 399 g/mol. The normalized spacial score (nSPS) is 11.1. The molecule has 0 radical (unpaired) electrons. The summed E-state index contributed by atoms with van der Waals surface area (Å²) in [5, 5.41) is 1.40. The van der Waals surface area contributed by atoms with E-state index in [1.54, 1.807) is 0 Å². The van der Waals surface area contributed by atoms with Crippen LogP contribution in [0, 0.1) is 0 Å². The second kappa shape index (κ2) is 6.25. The van der Waals surface area contributed by atoms with Gasteiger partial charge in [-0.05, 0) is 61.2 Å². The average Bonchev–Trinajstić information content (AvgIpc) is 2.35. The Balaban J connectivity index is 2.30. The molecule has 0 unspecified atom stereocenters. The van der Waals surface area contributed by atoms with Gasteiger partial charge in [-0.3, -0.25) is 0 Å². The van der Waals surface area contributed by atoms with Crippen LogP contribution in [0.15, 0.2) is 45.3 Å². The summed E-state index contributed by atoms with van der Waals surface area (Å²) in [5.41, 5.74) is 1.99. The van der Waals surface area contributed by atoms with Crippen molar-refractivity contribution < 1.29 is 0 Å². The zero-order valence-electron chi connectivity index (χ0n) is 9.13. The number of hydrogen-bond donors (Lipinski definition) is 0. The lowest BCUT2D eigenvalue weighted by molar-refractivity contribution is 1.60. The minimum Gasteiger partial charge on any atom is -0.0831 e. The Kier molecular flexibility index (Phi) is 4.91. The highest BCUT2D eigenvalue weighted by Crippen LogP contribution is 2.28. The molecule has 0 saturated heterocycles. The summed E-state index contributed by atoms with van der Waals surface area (Å²) in [6.45, 7) is 0. The van der Waals surface area contributed by atoms with Gasteiger partial charge in [-0.1, -0.05) is 53.6 Å². The van der Waals surface area contributed by atoms with E-state index in [-0.39, 0.29) is 0 Å². The van der Waals surface area contributed by atoms with E-state index in [9.17, 15) is 0 Å². The van der Waals surface area contributed by atoms with Gasteiger partial charge in [-0.25, -0.2) is 0 Å². The van der Waals surface area contributed by atoms with Crippen molar-refractivity contribution >= 4 is 67.2 Å². The van der Waals surface area contributed by atoms with E-state index in [4.69, 9.17) is 23.2 Å². The number of rotatable bonds is 2. The predicted molar refractivity (Wildman–Crippen MR) is 87.2 cm³/mol. The molecule has 0 aliphatic carbocycles. The summed E-state index contributed by atoms with van der Waals surface area (Å²) in [6.07, 6.45) is 3.94. The summed E-state index contributed by atoms with van der Waals surface area (Å²) in [4.78, 5) is 0. The maximum atomic E-state index is 6.18. The van der Waals surface area contributed by atoms with Gasteiger partial charge < -0.3 is 0 Å². The van der Waals surface area contributed by atoms with Gasteiger partial charge in [-0.2, -0.15) is 0 Å². The van der Waals surface area contributed by atoms with Crippen LogP contribution in [-0.4, -0.2) is 0 Å². The summed E-state index contributed by atoms with van der Waals surface area (Å²) >= 11 is 19.0. The van der Waals surface area contributed by atoms with Crippen molar-refractivity contribution in [3.8, 4) is 0 Å². The Morgan fingerprint density at radius 3 is 2.39 bits per heavy atom. The predicted octanol–water partition coefficient (Wildman–Crippen LogP) is 6.69. The van der Waals surface area contributed by atoms with Crippen LogP contribution < -0.4 is 0 Å².